The maximum Gasteiger partial charge on any atom is 0.119 e. The smallest absolute Gasteiger partial charge is 0.119 e. The molecule has 0 spiro atoms. The van der Waals surface area contributed by atoms with Crippen LogP contribution in [0.15, 0.2) is 36.4 Å². The summed E-state index contributed by atoms with van der Waals surface area (Å²) in [5, 5.41) is 0. The molecule has 2 heteroatoms. The molecular formula is C19H25NO. The number of hydrogen-bond donors (Lipinski definition) is 1. The Morgan fingerprint density at radius 3 is 2.10 bits per heavy atom. The van der Waals surface area contributed by atoms with Gasteiger partial charge < -0.3 is 10.5 Å². The van der Waals surface area contributed by atoms with Gasteiger partial charge in [-0.2, -0.15) is 0 Å². The van der Waals surface area contributed by atoms with Crippen LogP contribution in [0.2, 0.25) is 0 Å². The molecule has 0 amide bonds. The van der Waals surface area contributed by atoms with Gasteiger partial charge in [0, 0.05) is 6.04 Å². The van der Waals surface area contributed by atoms with E-state index in [0.29, 0.717) is 6.61 Å². The molecule has 0 fully saturated rings. The Morgan fingerprint density at radius 2 is 1.57 bits per heavy atom. The second-order valence-corrected chi connectivity index (χ2v) is 5.75. The van der Waals surface area contributed by atoms with E-state index in [0.717, 1.165) is 17.7 Å². The van der Waals surface area contributed by atoms with Gasteiger partial charge in [-0.05, 0) is 61.6 Å². The summed E-state index contributed by atoms with van der Waals surface area (Å²) in [7, 11) is 0. The fourth-order valence-corrected chi connectivity index (χ4v) is 2.64. The average Bonchev–Trinajstić information content (AvgIpc) is 2.46. The lowest BCUT2D eigenvalue weighted by Crippen LogP contribution is -2.08. The van der Waals surface area contributed by atoms with Crippen LogP contribution in [0.5, 0.6) is 5.75 Å². The van der Waals surface area contributed by atoms with Gasteiger partial charge in [-0.1, -0.05) is 36.8 Å². The standard InChI is InChI=1S/C19H25NO/c1-5-19(20)16-6-8-17(9-7-16)21-12-18-14(3)10-13(2)11-15(18)4/h6-11,19H,5,12,20H2,1-4H3/t19-/m0/s1. The maximum atomic E-state index is 6.02. The van der Waals surface area contributed by atoms with Crippen molar-refractivity contribution in [1.29, 1.82) is 0 Å². The summed E-state index contributed by atoms with van der Waals surface area (Å²) in [6.07, 6.45) is 0.946. The molecule has 2 aromatic rings. The van der Waals surface area contributed by atoms with E-state index in [2.05, 4.69) is 52.0 Å². The zero-order chi connectivity index (χ0) is 15.4. The Hall–Kier alpha value is -1.80. The lowest BCUT2D eigenvalue weighted by atomic mass is 10.0. The van der Waals surface area contributed by atoms with E-state index in [9.17, 15) is 0 Å². The highest BCUT2D eigenvalue weighted by Gasteiger charge is 2.06. The summed E-state index contributed by atoms with van der Waals surface area (Å²) in [4.78, 5) is 0. The van der Waals surface area contributed by atoms with Crippen molar-refractivity contribution in [2.45, 2.75) is 46.8 Å². The predicted molar refractivity (Wildman–Crippen MR) is 88.6 cm³/mol. The summed E-state index contributed by atoms with van der Waals surface area (Å²) in [5.74, 6) is 0.890. The third-order valence-electron chi connectivity index (χ3n) is 3.97. The molecule has 0 aromatic heterocycles. The molecule has 21 heavy (non-hydrogen) atoms. The van der Waals surface area contributed by atoms with Crippen LogP contribution in [0.25, 0.3) is 0 Å². The van der Waals surface area contributed by atoms with Crippen molar-refractivity contribution in [2.24, 2.45) is 5.73 Å². The molecule has 0 saturated heterocycles. The van der Waals surface area contributed by atoms with Crippen LogP contribution in [-0.4, -0.2) is 0 Å². The molecule has 0 unspecified atom stereocenters. The molecule has 2 rings (SSSR count). The molecule has 1 atom stereocenters. The molecule has 0 radical (unpaired) electrons. The summed E-state index contributed by atoms with van der Waals surface area (Å²) >= 11 is 0. The molecule has 112 valence electrons. The van der Waals surface area contributed by atoms with E-state index >= 15 is 0 Å². The minimum atomic E-state index is 0.112. The van der Waals surface area contributed by atoms with Crippen LogP contribution < -0.4 is 10.5 Å². The molecule has 0 aliphatic heterocycles. The monoisotopic (exact) mass is 283 g/mol. The first-order chi connectivity index (χ1) is 10.0. The first-order valence-electron chi connectivity index (χ1n) is 7.56. The van der Waals surface area contributed by atoms with Gasteiger partial charge in [0.25, 0.3) is 0 Å². The highest BCUT2D eigenvalue weighted by molar-refractivity contribution is 5.37. The van der Waals surface area contributed by atoms with E-state index in [4.69, 9.17) is 10.5 Å². The Kier molecular flexibility index (Phi) is 5.03. The highest BCUT2D eigenvalue weighted by atomic mass is 16.5. The first-order valence-corrected chi connectivity index (χ1v) is 7.56. The number of benzene rings is 2. The second-order valence-electron chi connectivity index (χ2n) is 5.75. The van der Waals surface area contributed by atoms with Crippen molar-refractivity contribution in [3.05, 3.63) is 64.2 Å². The minimum Gasteiger partial charge on any atom is -0.489 e. The largest absolute Gasteiger partial charge is 0.489 e. The van der Waals surface area contributed by atoms with Gasteiger partial charge in [-0.3, -0.25) is 0 Å². The Labute approximate surface area is 127 Å². The quantitative estimate of drug-likeness (QED) is 0.870. The zero-order valence-corrected chi connectivity index (χ0v) is 13.4. The molecule has 0 aliphatic rings. The Morgan fingerprint density at radius 1 is 1.00 bits per heavy atom. The van der Waals surface area contributed by atoms with Crippen molar-refractivity contribution in [1.82, 2.24) is 0 Å². The molecule has 0 aliphatic carbocycles. The lowest BCUT2D eigenvalue weighted by molar-refractivity contribution is 0.304. The minimum absolute atomic E-state index is 0.112. The van der Waals surface area contributed by atoms with E-state index < -0.39 is 0 Å². The first kappa shape index (κ1) is 15.6. The SMILES string of the molecule is CC[C@H](N)c1ccc(OCc2c(C)cc(C)cc2C)cc1. The number of rotatable bonds is 5. The van der Waals surface area contributed by atoms with Gasteiger partial charge >= 0.3 is 0 Å². The summed E-state index contributed by atoms with van der Waals surface area (Å²) in [5.41, 5.74) is 12.3. The second kappa shape index (κ2) is 6.77. The third kappa shape index (κ3) is 3.85. The normalized spacial score (nSPS) is 12.2. The van der Waals surface area contributed by atoms with Crippen molar-refractivity contribution >= 4 is 0 Å². The number of nitrogens with two attached hydrogens (primary N) is 1. The molecular weight excluding hydrogens is 258 g/mol. The number of hydrogen-bond acceptors (Lipinski definition) is 2. The van der Waals surface area contributed by atoms with Crippen molar-refractivity contribution in [3.8, 4) is 5.75 Å². The third-order valence-corrected chi connectivity index (χ3v) is 3.97. The molecule has 0 heterocycles. The summed E-state index contributed by atoms with van der Waals surface area (Å²) < 4.78 is 5.92. The Balaban J connectivity index is 2.07. The number of aryl methyl sites for hydroxylation is 3. The molecule has 0 saturated carbocycles. The van der Waals surface area contributed by atoms with E-state index in [1.165, 1.54) is 22.3 Å². The molecule has 0 bridgehead atoms. The van der Waals surface area contributed by atoms with E-state index in [1.54, 1.807) is 0 Å². The number of ether oxygens (including phenoxy) is 1. The van der Waals surface area contributed by atoms with Crippen LogP contribution >= 0.6 is 0 Å². The summed E-state index contributed by atoms with van der Waals surface area (Å²) in [6.45, 7) is 9.11. The van der Waals surface area contributed by atoms with Crippen LogP contribution in [0, 0.1) is 20.8 Å². The lowest BCUT2D eigenvalue weighted by Gasteiger charge is -2.14. The summed E-state index contributed by atoms with van der Waals surface area (Å²) in [6, 6.07) is 12.6. The van der Waals surface area contributed by atoms with Crippen LogP contribution in [0.1, 0.15) is 47.2 Å². The molecule has 2 N–H and O–H groups in total. The topological polar surface area (TPSA) is 35.2 Å². The van der Waals surface area contributed by atoms with Crippen LogP contribution in [0.3, 0.4) is 0 Å². The average molecular weight is 283 g/mol. The fraction of sp³-hybridized carbons (Fsp3) is 0.368. The van der Waals surface area contributed by atoms with Gasteiger partial charge in [0.15, 0.2) is 0 Å². The zero-order valence-electron chi connectivity index (χ0n) is 13.4. The predicted octanol–water partition coefficient (Wildman–Crippen LogP) is 4.60. The maximum absolute atomic E-state index is 6.02. The molecule has 2 aromatic carbocycles. The fourth-order valence-electron chi connectivity index (χ4n) is 2.64. The Bertz CT molecular complexity index is 578. The van der Waals surface area contributed by atoms with Gasteiger partial charge in [-0.15, -0.1) is 0 Å². The van der Waals surface area contributed by atoms with Crippen molar-refractivity contribution < 1.29 is 4.74 Å². The highest BCUT2D eigenvalue weighted by Crippen LogP contribution is 2.21. The van der Waals surface area contributed by atoms with Crippen LogP contribution in [0.4, 0.5) is 0 Å². The molecule has 2 nitrogen and oxygen atoms in total. The van der Waals surface area contributed by atoms with E-state index in [1.807, 2.05) is 12.1 Å². The van der Waals surface area contributed by atoms with Crippen LogP contribution in [-0.2, 0) is 6.61 Å². The van der Waals surface area contributed by atoms with E-state index in [-0.39, 0.29) is 6.04 Å². The van der Waals surface area contributed by atoms with Crippen molar-refractivity contribution in [2.75, 3.05) is 0 Å². The van der Waals surface area contributed by atoms with Gasteiger partial charge in [0.1, 0.15) is 12.4 Å². The van der Waals surface area contributed by atoms with Gasteiger partial charge in [0.05, 0.1) is 0 Å². The van der Waals surface area contributed by atoms with Crippen molar-refractivity contribution in [3.63, 3.8) is 0 Å². The van der Waals surface area contributed by atoms with Gasteiger partial charge in [0.2, 0.25) is 0 Å². The van der Waals surface area contributed by atoms with Gasteiger partial charge in [-0.25, -0.2) is 0 Å².